The van der Waals surface area contributed by atoms with E-state index in [0.29, 0.717) is 31.2 Å². The molecule has 0 spiro atoms. The maximum Gasteiger partial charge on any atom is 0.348 e. The van der Waals surface area contributed by atoms with E-state index in [4.69, 9.17) is 15.9 Å². The molecule has 100 valence electrons. The van der Waals surface area contributed by atoms with Crippen molar-refractivity contribution in [2.75, 3.05) is 24.6 Å². The number of amidine groups is 1. The molecule has 9 nitrogen and oxygen atoms in total. The van der Waals surface area contributed by atoms with Crippen molar-refractivity contribution in [1.82, 2.24) is 19.6 Å². The average molecular weight is 263 g/mol. The highest BCUT2D eigenvalue weighted by Crippen LogP contribution is 2.15. The van der Waals surface area contributed by atoms with E-state index >= 15 is 0 Å². The largest absolute Gasteiger partial charge is 0.385 e. The van der Waals surface area contributed by atoms with Crippen LogP contribution in [-0.4, -0.2) is 51.2 Å². The molecule has 0 saturated carbocycles. The number of nitrogens with two attached hydrogens (primary N) is 1. The van der Waals surface area contributed by atoms with Crippen LogP contribution in [0.1, 0.15) is 0 Å². The summed E-state index contributed by atoms with van der Waals surface area (Å²) < 4.78 is 6.71. The molecule has 0 amide bonds. The van der Waals surface area contributed by atoms with Gasteiger partial charge in [0.1, 0.15) is 24.1 Å². The lowest BCUT2D eigenvalue weighted by Crippen LogP contribution is -2.48. The van der Waals surface area contributed by atoms with Crippen LogP contribution in [0.3, 0.4) is 0 Å². The van der Waals surface area contributed by atoms with Gasteiger partial charge in [0.25, 0.3) is 0 Å². The van der Waals surface area contributed by atoms with Crippen molar-refractivity contribution >= 4 is 17.3 Å². The number of nitrogens with zero attached hydrogens (tertiary/aromatic N) is 4. The van der Waals surface area contributed by atoms with Gasteiger partial charge < -0.3 is 15.4 Å². The maximum absolute atomic E-state index is 11.3. The second-order valence-electron chi connectivity index (χ2n) is 4.26. The van der Waals surface area contributed by atoms with E-state index in [2.05, 4.69) is 15.2 Å². The van der Waals surface area contributed by atoms with Crippen molar-refractivity contribution in [1.29, 1.82) is 5.41 Å². The highest BCUT2D eigenvalue weighted by molar-refractivity contribution is 5.82. The number of rotatable bonds is 2. The lowest BCUT2D eigenvalue weighted by Gasteiger charge is -2.32. The predicted octanol–water partition coefficient (Wildman–Crippen LogP) is -1.44. The molecule has 4 N–H and O–H groups in total. The number of anilines is 1. The first kappa shape index (κ1) is 11.7. The SMILES string of the molecule is N=C(N)C1CN(c2cc3n[nH]c(=O)n3cn2)CCO1. The smallest absolute Gasteiger partial charge is 0.348 e. The molecule has 1 aliphatic heterocycles. The molecule has 3 rings (SSSR count). The number of aromatic nitrogens is 4. The molecule has 1 fully saturated rings. The van der Waals surface area contributed by atoms with Crippen LogP contribution in [0.25, 0.3) is 5.65 Å². The van der Waals surface area contributed by atoms with Gasteiger partial charge in [0.05, 0.1) is 13.2 Å². The molecule has 1 atom stereocenters. The summed E-state index contributed by atoms with van der Waals surface area (Å²) in [6, 6.07) is 1.71. The summed E-state index contributed by atoms with van der Waals surface area (Å²) in [7, 11) is 0. The summed E-state index contributed by atoms with van der Waals surface area (Å²) >= 11 is 0. The third-order valence-corrected chi connectivity index (χ3v) is 3.03. The Bertz CT molecular complexity index is 676. The van der Waals surface area contributed by atoms with Gasteiger partial charge in [0, 0.05) is 12.6 Å². The van der Waals surface area contributed by atoms with Gasteiger partial charge in [0.15, 0.2) is 5.65 Å². The normalized spacial score (nSPS) is 19.8. The molecular weight excluding hydrogens is 250 g/mol. The van der Waals surface area contributed by atoms with Gasteiger partial charge in [-0.25, -0.2) is 19.3 Å². The standard InChI is InChI=1S/C10H13N7O2/c11-9(12)6-4-16(1-2-19-6)7-3-8-14-15-10(18)17(8)5-13-7/h3,5-6H,1-2,4H2,(H3,11,12)(H,15,18). The third kappa shape index (κ3) is 2.03. The van der Waals surface area contributed by atoms with E-state index in [1.54, 1.807) is 6.07 Å². The molecule has 1 saturated heterocycles. The van der Waals surface area contributed by atoms with Crippen LogP contribution < -0.4 is 16.3 Å². The van der Waals surface area contributed by atoms with Crippen molar-refractivity contribution in [2.45, 2.75) is 6.10 Å². The highest BCUT2D eigenvalue weighted by atomic mass is 16.5. The van der Waals surface area contributed by atoms with Crippen molar-refractivity contribution in [3.63, 3.8) is 0 Å². The topological polar surface area (TPSA) is 125 Å². The van der Waals surface area contributed by atoms with Crippen LogP contribution in [0.15, 0.2) is 17.2 Å². The maximum atomic E-state index is 11.3. The lowest BCUT2D eigenvalue weighted by atomic mass is 10.2. The number of nitrogens with one attached hydrogen (secondary N) is 2. The first-order valence-corrected chi connectivity index (χ1v) is 5.78. The summed E-state index contributed by atoms with van der Waals surface area (Å²) in [5.74, 6) is 0.683. The molecule has 3 heterocycles. The van der Waals surface area contributed by atoms with E-state index in [0.717, 1.165) is 0 Å². The minimum Gasteiger partial charge on any atom is -0.385 e. The number of H-pyrrole nitrogens is 1. The zero-order chi connectivity index (χ0) is 13.4. The summed E-state index contributed by atoms with van der Waals surface area (Å²) in [6.07, 6.45) is 1.00. The van der Waals surface area contributed by atoms with Crippen molar-refractivity contribution in [3.8, 4) is 0 Å². The Morgan fingerprint density at radius 2 is 2.47 bits per heavy atom. The lowest BCUT2D eigenvalue weighted by molar-refractivity contribution is 0.0823. The highest BCUT2D eigenvalue weighted by Gasteiger charge is 2.23. The zero-order valence-corrected chi connectivity index (χ0v) is 10.0. The van der Waals surface area contributed by atoms with Crippen LogP contribution in [0.5, 0.6) is 0 Å². The molecule has 0 bridgehead atoms. The molecule has 2 aromatic rings. The third-order valence-electron chi connectivity index (χ3n) is 3.03. The van der Waals surface area contributed by atoms with Crippen molar-refractivity contribution in [3.05, 3.63) is 22.9 Å². The Morgan fingerprint density at radius 3 is 3.26 bits per heavy atom. The molecule has 1 aliphatic rings. The number of aromatic amines is 1. The van der Waals surface area contributed by atoms with Gasteiger partial charge in [-0.1, -0.05) is 0 Å². The zero-order valence-electron chi connectivity index (χ0n) is 10.0. The second-order valence-corrected chi connectivity index (χ2v) is 4.26. The van der Waals surface area contributed by atoms with Crippen molar-refractivity contribution < 1.29 is 4.74 Å². The van der Waals surface area contributed by atoms with Crippen LogP contribution >= 0.6 is 0 Å². The number of ether oxygens (including phenoxy) is 1. The molecule has 2 aromatic heterocycles. The molecule has 0 aliphatic carbocycles. The van der Waals surface area contributed by atoms with E-state index < -0.39 is 6.10 Å². The van der Waals surface area contributed by atoms with E-state index in [1.807, 2.05) is 4.90 Å². The fourth-order valence-electron chi connectivity index (χ4n) is 2.02. The number of fused-ring (bicyclic) bond motifs is 1. The Labute approximate surface area is 107 Å². The Balaban J connectivity index is 1.91. The Hall–Kier alpha value is -2.42. The molecule has 0 aromatic carbocycles. The molecule has 0 radical (unpaired) electrons. The predicted molar refractivity (Wildman–Crippen MR) is 67.5 cm³/mol. The Morgan fingerprint density at radius 1 is 1.63 bits per heavy atom. The van der Waals surface area contributed by atoms with E-state index in [1.165, 1.54) is 10.7 Å². The summed E-state index contributed by atoms with van der Waals surface area (Å²) in [4.78, 5) is 17.5. The van der Waals surface area contributed by atoms with Gasteiger partial charge in [-0.05, 0) is 0 Å². The quantitative estimate of drug-likeness (QED) is 0.450. The fourth-order valence-corrected chi connectivity index (χ4v) is 2.02. The van der Waals surface area contributed by atoms with Crippen LogP contribution in [0, 0.1) is 5.41 Å². The second kappa shape index (κ2) is 4.35. The number of morpholine rings is 1. The molecule has 19 heavy (non-hydrogen) atoms. The minimum absolute atomic E-state index is 0.00164. The van der Waals surface area contributed by atoms with Gasteiger partial charge in [-0.15, -0.1) is 0 Å². The van der Waals surface area contributed by atoms with Crippen LogP contribution in [0.2, 0.25) is 0 Å². The molecule has 1 unspecified atom stereocenters. The summed E-state index contributed by atoms with van der Waals surface area (Å²) in [5.41, 5.74) is 5.63. The minimum atomic E-state index is -0.423. The monoisotopic (exact) mass is 263 g/mol. The van der Waals surface area contributed by atoms with Gasteiger partial charge >= 0.3 is 5.69 Å². The Kier molecular flexibility index (Phi) is 2.67. The molecule has 9 heteroatoms. The van der Waals surface area contributed by atoms with Crippen LogP contribution in [-0.2, 0) is 4.74 Å². The number of hydrogen-bond donors (Lipinski definition) is 3. The number of hydrogen-bond acceptors (Lipinski definition) is 6. The molecular formula is C10H13N7O2. The van der Waals surface area contributed by atoms with Crippen LogP contribution in [0.4, 0.5) is 5.82 Å². The van der Waals surface area contributed by atoms with Crippen molar-refractivity contribution in [2.24, 2.45) is 5.73 Å². The van der Waals surface area contributed by atoms with Gasteiger partial charge in [-0.3, -0.25) is 5.41 Å². The van der Waals surface area contributed by atoms with Gasteiger partial charge in [0.2, 0.25) is 0 Å². The van der Waals surface area contributed by atoms with Gasteiger partial charge in [-0.2, -0.15) is 5.10 Å². The van der Waals surface area contributed by atoms with E-state index in [-0.39, 0.29) is 11.5 Å². The average Bonchev–Trinajstić information content (AvgIpc) is 2.80. The first-order chi connectivity index (χ1) is 9.15. The first-order valence-electron chi connectivity index (χ1n) is 5.78. The fraction of sp³-hybridized carbons (Fsp3) is 0.400. The van der Waals surface area contributed by atoms with E-state index in [9.17, 15) is 4.79 Å². The summed E-state index contributed by atoms with van der Waals surface area (Å²) in [5, 5.41) is 13.7. The summed E-state index contributed by atoms with van der Waals surface area (Å²) in [6.45, 7) is 1.60.